The Morgan fingerprint density at radius 3 is 2.92 bits per heavy atom. The van der Waals surface area contributed by atoms with Crippen molar-refractivity contribution in [3.05, 3.63) is 34.2 Å². The number of aryl methyl sites for hydroxylation is 1. The topological polar surface area (TPSA) is 35.6 Å². The van der Waals surface area contributed by atoms with Crippen LogP contribution in [-0.2, 0) is 13.6 Å². The molecule has 0 radical (unpaired) electrons. The summed E-state index contributed by atoms with van der Waals surface area (Å²) in [5.41, 5.74) is 0. The van der Waals surface area contributed by atoms with E-state index in [1.165, 1.54) is 0 Å². The highest BCUT2D eigenvalue weighted by atomic mass is 127. The Hall–Kier alpha value is -0.850. The second kappa shape index (κ2) is 3.49. The van der Waals surface area contributed by atoms with Gasteiger partial charge in [0.1, 0.15) is 5.82 Å². The van der Waals surface area contributed by atoms with Gasteiger partial charge in [-0.25, -0.2) is 4.98 Å². The van der Waals surface area contributed by atoms with E-state index in [0.717, 1.165) is 15.9 Å². The standard InChI is InChI=1S/C8H9IN4/c1-12-3-2-10-8(12)6-13-5-7(9)4-11-13/h2-5H,6H2,1H3. The summed E-state index contributed by atoms with van der Waals surface area (Å²) in [6, 6.07) is 0. The van der Waals surface area contributed by atoms with Crippen LogP contribution < -0.4 is 0 Å². The first-order valence-electron chi connectivity index (χ1n) is 3.90. The number of halogens is 1. The largest absolute Gasteiger partial charge is 0.336 e. The van der Waals surface area contributed by atoms with E-state index in [2.05, 4.69) is 32.7 Å². The number of hydrogen-bond donors (Lipinski definition) is 0. The van der Waals surface area contributed by atoms with E-state index in [0.29, 0.717) is 0 Å². The molecule has 0 fully saturated rings. The molecule has 0 aliphatic rings. The fourth-order valence-corrected chi connectivity index (χ4v) is 1.56. The molecule has 2 aromatic heterocycles. The highest BCUT2D eigenvalue weighted by molar-refractivity contribution is 14.1. The van der Waals surface area contributed by atoms with Crippen LogP contribution in [0.5, 0.6) is 0 Å². The molecule has 0 N–H and O–H groups in total. The predicted molar refractivity (Wildman–Crippen MR) is 57.3 cm³/mol. The van der Waals surface area contributed by atoms with Crippen LogP contribution in [0, 0.1) is 3.57 Å². The molecular formula is C8H9IN4. The zero-order valence-electron chi connectivity index (χ0n) is 7.18. The SMILES string of the molecule is Cn1ccnc1Cn1cc(I)cn1. The molecule has 0 unspecified atom stereocenters. The van der Waals surface area contributed by atoms with Crippen LogP contribution in [0.15, 0.2) is 24.8 Å². The van der Waals surface area contributed by atoms with Gasteiger partial charge in [0.2, 0.25) is 0 Å². The summed E-state index contributed by atoms with van der Waals surface area (Å²) in [6.45, 7) is 0.729. The summed E-state index contributed by atoms with van der Waals surface area (Å²) in [6.07, 6.45) is 7.56. The fourth-order valence-electron chi connectivity index (χ4n) is 1.12. The van der Waals surface area contributed by atoms with Gasteiger partial charge in [0.05, 0.1) is 16.3 Å². The highest BCUT2D eigenvalue weighted by Crippen LogP contribution is 2.03. The molecule has 0 amide bonds. The molecule has 2 rings (SSSR count). The maximum absolute atomic E-state index is 4.22. The molecule has 0 saturated heterocycles. The summed E-state index contributed by atoms with van der Waals surface area (Å²) in [5, 5.41) is 4.19. The fraction of sp³-hybridized carbons (Fsp3) is 0.250. The quantitative estimate of drug-likeness (QED) is 0.780. The molecule has 0 spiro atoms. The van der Waals surface area contributed by atoms with Crippen molar-refractivity contribution in [2.45, 2.75) is 6.54 Å². The molecule has 2 heterocycles. The van der Waals surface area contributed by atoms with Crippen LogP contribution in [0.2, 0.25) is 0 Å². The molecule has 0 saturated carbocycles. The summed E-state index contributed by atoms with van der Waals surface area (Å²) in [4.78, 5) is 4.22. The average molecular weight is 288 g/mol. The minimum Gasteiger partial charge on any atom is -0.336 e. The Kier molecular flexibility index (Phi) is 2.34. The van der Waals surface area contributed by atoms with Gasteiger partial charge in [0, 0.05) is 25.6 Å². The lowest BCUT2D eigenvalue weighted by Gasteiger charge is -2.00. The Bertz CT molecular complexity index is 404. The molecular weight excluding hydrogens is 279 g/mol. The van der Waals surface area contributed by atoms with E-state index < -0.39 is 0 Å². The molecule has 0 atom stereocenters. The summed E-state index contributed by atoms with van der Waals surface area (Å²) >= 11 is 2.24. The maximum atomic E-state index is 4.22. The molecule has 0 aliphatic carbocycles. The van der Waals surface area contributed by atoms with E-state index in [1.54, 1.807) is 6.20 Å². The normalized spacial score (nSPS) is 10.6. The maximum Gasteiger partial charge on any atom is 0.130 e. The van der Waals surface area contributed by atoms with Crippen molar-refractivity contribution in [2.75, 3.05) is 0 Å². The summed E-state index contributed by atoms with van der Waals surface area (Å²) < 4.78 is 5.02. The van der Waals surface area contributed by atoms with Crippen molar-refractivity contribution in [3.8, 4) is 0 Å². The van der Waals surface area contributed by atoms with E-state index in [9.17, 15) is 0 Å². The van der Waals surface area contributed by atoms with Crippen LogP contribution in [0.1, 0.15) is 5.82 Å². The minimum atomic E-state index is 0.729. The van der Waals surface area contributed by atoms with Crippen LogP contribution in [-0.4, -0.2) is 19.3 Å². The Labute approximate surface area is 89.7 Å². The van der Waals surface area contributed by atoms with E-state index in [4.69, 9.17) is 0 Å². The predicted octanol–water partition coefficient (Wildman–Crippen LogP) is 1.27. The number of aromatic nitrogens is 4. The van der Waals surface area contributed by atoms with Crippen molar-refractivity contribution in [2.24, 2.45) is 7.05 Å². The van der Waals surface area contributed by atoms with Crippen LogP contribution >= 0.6 is 22.6 Å². The third-order valence-electron chi connectivity index (χ3n) is 1.83. The second-order valence-electron chi connectivity index (χ2n) is 2.81. The monoisotopic (exact) mass is 288 g/mol. The molecule has 4 nitrogen and oxygen atoms in total. The highest BCUT2D eigenvalue weighted by Gasteiger charge is 2.00. The van der Waals surface area contributed by atoms with Crippen molar-refractivity contribution in [1.82, 2.24) is 19.3 Å². The minimum absolute atomic E-state index is 0.729. The number of nitrogens with zero attached hydrogens (tertiary/aromatic N) is 4. The zero-order valence-corrected chi connectivity index (χ0v) is 9.34. The molecule has 0 aliphatic heterocycles. The van der Waals surface area contributed by atoms with Gasteiger partial charge in [-0.05, 0) is 22.6 Å². The van der Waals surface area contributed by atoms with Crippen LogP contribution in [0.3, 0.4) is 0 Å². The van der Waals surface area contributed by atoms with Gasteiger partial charge in [-0.15, -0.1) is 0 Å². The third-order valence-corrected chi connectivity index (χ3v) is 2.38. The van der Waals surface area contributed by atoms with Gasteiger partial charge >= 0.3 is 0 Å². The molecule has 13 heavy (non-hydrogen) atoms. The number of hydrogen-bond acceptors (Lipinski definition) is 2. The lowest BCUT2D eigenvalue weighted by molar-refractivity contribution is 0.631. The van der Waals surface area contributed by atoms with Gasteiger partial charge in [-0.1, -0.05) is 0 Å². The second-order valence-corrected chi connectivity index (χ2v) is 4.06. The summed E-state index contributed by atoms with van der Waals surface area (Å²) in [7, 11) is 1.98. The molecule has 2 aromatic rings. The molecule has 0 aromatic carbocycles. The Morgan fingerprint density at radius 1 is 1.54 bits per heavy atom. The van der Waals surface area contributed by atoms with Gasteiger partial charge in [-0.2, -0.15) is 5.10 Å². The van der Waals surface area contributed by atoms with Crippen molar-refractivity contribution in [1.29, 1.82) is 0 Å². The van der Waals surface area contributed by atoms with Crippen LogP contribution in [0.25, 0.3) is 0 Å². The first kappa shape index (κ1) is 8.74. The van der Waals surface area contributed by atoms with Gasteiger partial charge < -0.3 is 4.57 Å². The van der Waals surface area contributed by atoms with Gasteiger partial charge in [-0.3, -0.25) is 4.68 Å². The molecule has 0 bridgehead atoms. The number of rotatable bonds is 2. The Balaban J connectivity index is 2.19. The first-order chi connectivity index (χ1) is 6.25. The number of imidazole rings is 1. The molecule has 68 valence electrons. The smallest absolute Gasteiger partial charge is 0.130 e. The van der Waals surface area contributed by atoms with Crippen molar-refractivity contribution >= 4 is 22.6 Å². The van der Waals surface area contributed by atoms with E-state index in [-0.39, 0.29) is 0 Å². The Morgan fingerprint density at radius 2 is 2.38 bits per heavy atom. The summed E-state index contributed by atoms with van der Waals surface area (Å²) in [5.74, 6) is 1.01. The van der Waals surface area contributed by atoms with Crippen LogP contribution in [0.4, 0.5) is 0 Å². The molecule has 5 heteroatoms. The van der Waals surface area contributed by atoms with E-state index in [1.807, 2.05) is 34.9 Å². The van der Waals surface area contributed by atoms with Crippen molar-refractivity contribution < 1.29 is 0 Å². The van der Waals surface area contributed by atoms with Gasteiger partial charge in [0.15, 0.2) is 0 Å². The zero-order chi connectivity index (χ0) is 9.26. The van der Waals surface area contributed by atoms with Gasteiger partial charge in [0.25, 0.3) is 0 Å². The third kappa shape index (κ3) is 1.90. The average Bonchev–Trinajstić information content (AvgIpc) is 2.64. The lowest BCUT2D eigenvalue weighted by Crippen LogP contribution is -2.05. The van der Waals surface area contributed by atoms with Crippen molar-refractivity contribution in [3.63, 3.8) is 0 Å². The first-order valence-corrected chi connectivity index (χ1v) is 4.98. The van der Waals surface area contributed by atoms with E-state index >= 15 is 0 Å². The lowest BCUT2D eigenvalue weighted by atomic mass is 10.6.